The highest BCUT2D eigenvalue weighted by atomic mass is 16.3. The highest BCUT2D eigenvalue weighted by Crippen LogP contribution is 2.34. The lowest BCUT2D eigenvalue weighted by atomic mass is 9.99. The van der Waals surface area contributed by atoms with E-state index in [4.69, 9.17) is 0 Å². The smallest absolute Gasteiger partial charge is 0.124 e. The van der Waals surface area contributed by atoms with Crippen molar-refractivity contribution in [1.29, 1.82) is 0 Å². The van der Waals surface area contributed by atoms with E-state index in [1.807, 2.05) is 60.7 Å². The second kappa shape index (κ2) is 4.94. The summed E-state index contributed by atoms with van der Waals surface area (Å²) in [7, 11) is 0. The first kappa shape index (κ1) is 11.5. The van der Waals surface area contributed by atoms with E-state index >= 15 is 0 Å². The van der Waals surface area contributed by atoms with Crippen LogP contribution in [0.3, 0.4) is 0 Å². The standard InChI is InChI=1S/C17H13NO/c19-16-11-5-4-9-15(16)17-14(10-6-12-18-17)13-7-2-1-3-8-13/h1-12,19H. The molecule has 1 heterocycles. The molecule has 3 rings (SSSR count). The fourth-order valence-corrected chi connectivity index (χ4v) is 2.14. The first-order chi connectivity index (χ1) is 9.36. The van der Waals surface area contributed by atoms with Crippen molar-refractivity contribution in [2.24, 2.45) is 0 Å². The molecule has 2 nitrogen and oxygen atoms in total. The van der Waals surface area contributed by atoms with Crippen LogP contribution in [0.25, 0.3) is 22.4 Å². The highest BCUT2D eigenvalue weighted by Gasteiger charge is 2.10. The molecule has 0 aliphatic carbocycles. The largest absolute Gasteiger partial charge is 0.507 e. The molecule has 0 radical (unpaired) electrons. The van der Waals surface area contributed by atoms with Crippen molar-refractivity contribution in [1.82, 2.24) is 4.98 Å². The van der Waals surface area contributed by atoms with Gasteiger partial charge in [0.1, 0.15) is 5.75 Å². The van der Waals surface area contributed by atoms with Gasteiger partial charge in [-0.25, -0.2) is 0 Å². The van der Waals surface area contributed by atoms with E-state index in [0.717, 1.165) is 22.4 Å². The Morgan fingerprint density at radius 2 is 1.37 bits per heavy atom. The SMILES string of the molecule is Oc1ccccc1-c1ncccc1-c1ccccc1. The van der Waals surface area contributed by atoms with Gasteiger partial charge in [0.05, 0.1) is 5.69 Å². The number of hydrogen-bond acceptors (Lipinski definition) is 2. The molecule has 0 unspecified atom stereocenters. The molecule has 0 aliphatic heterocycles. The van der Waals surface area contributed by atoms with Gasteiger partial charge in [-0.1, -0.05) is 48.5 Å². The predicted octanol–water partition coefficient (Wildman–Crippen LogP) is 4.12. The zero-order valence-electron chi connectivity index (χ0n) is 10.3. The molecule has 0 atom stereocenters. The number of para-hydroxylation sites is 1. The Balaban J connectivity index is 2.21. The first-order valence-corrected chi connectivity index (χ1v) is 6.15. The monoisotopic (exact) mass is 247 g/mol. The van der Waals surface area contributed by atoms with E-state index in [-0.39, 0.29) is 5.75 Å². The molecule has 0 amide bonds. The first-order valence-electron chi connectivity index (χ1n) is 6.15. The molecule has 2 aromatic carbocycles. The number of phenolic OH excluding ortho intramolecular Hbond substituents is 1. The Morgan fingerprint density at radius 3 is 2.16 bits per heavy atom. The van der Waals surface area contributed by atoms with Gasteiger partial charge in [-0.2, -0.15) is 0 Å². The topological polar surface area (TPSA) is 33.1 Å². The molecule has 0 aliphatic rings. The zero-order chi connectivity index (χ0) is 13.1. The fourth-order valence-electron chi connectivity index (χ4n) is 2.14. The second-order valence-corrected chi connectivity index (χ2v) is 4.28. The average Bonchev–Trinajstić information content (AvgIpc) is 2.49. The number of phenols is 1. The van der Waals surface area contributed by atoms with Gasteiger partial charge in [-0.15, -0.1) is 0 Å². The molecule has 0 bridgehead atoms. The van der Waals surface area contributed by atoms with E-state index in [9.17, 15) is 5.11 Å². The molecule has 0 saturated carbocycles. The lowest BCUT2D eigenvalue weighted by molar-refractivity contribution is 0.477. The molecule has 0 fully saturated rings. The lowest BCUT2D eigenvalue weighted by Gasteiger charge is -2.10. The van der Waals surface area contributed by atoms with E-state index < -0.39 is 0 Å². The van der Waals surface area contributed by atoms with Crippen molar-refractivity contribution < 1.29 is 5.11 Å². The van der Waals surface area contributed by atoms with Crippen LogP contribution >= 0.6 is 0 Å². The normalized spacial score (nSPS) is 10.3. The molecule has 2 heteroatoms. The van der Waals surface area contributed by atoms with Crippen LogP contribution < -0.4 is 0 Å². The molecule has 0 saturated heterocycles. The Labute approximate surface area is 112 Å². The summed E-state index contributed by atoms with van der Waals surface area (Å²) in [5.74, 6) is 0.249. The van der Waals surface area contributed by atoms with Crippen LogP contribution in [0.2, 0.25) is 0 Å². The molecule has 19 heavy (non-hydrogen) atoms. The minimum absolute atomic E-state index is 0.249. The molecule has 92 valence electrons. The third-order valence-corrected chi connectivity index (χ3v) is 3.05. The van der Waals surface area contributed by atoms with Crippen molar-refractivity contribution >= 4 is 0 Å². The van der Waals surface area contributed by atoms with Crippen LogP contribution in [0.15, 0.2) is 72.9 Å². The summed E-state index contributed by atoms with van der Waals surface area (Å²) in [6, 6.07) is 21.3. The van der Waals surface area contributed by atoms with Gasteiger partial charge in [0.15, 0.2) is 0 Å². The number of benzene rings is 2. The summed E-state index contributed by atoms with van der Waals surface area (Å²) >= 11 is 0. The van der Waals surface area contributed by atoms with E-state index in [1.165, 1.54) is 0 Å². The molecule has 1 N–H and O–H groups in total. The number of pyridine rings is 1. The Hall–Kier alpha value is -2.61. The predicted molar refractivity (Wildman–Crippen MR) is 76.8 cm³/mol. The summed E-state index contributed by atoms with van der Waals surface area (Å²) < 4.78 is 0. The van der Waals surface area contributed by atoms with Crippen molar-refractivity contribution in [2.45, 2.75) is 0 Å². The van der Waals surface area contributed by atoms with Crippen LogP contribution in [0.5, 0.6) is 5.75 Å². The van der Waals surface area contributed by atoms with Crippen molar-refractivity contribution in [3.8, 4) is 28.1 Å². The molecule has 1 aromatic heterocycles. The zero-order valence-corrected chi connectivity index (χ0v) is 10.3. The van der Waals surface area contributed by atoms with Gasteiger partial charge in [-0.3, -0.25) is 4.98 Å². The number of hydrogen-bond donors (Lipinski definition) is 1. The second-order valence-electron chi connectivity index (χ2n) is 4.28. The van der Waals surface area contributed by atoms with Gasteiger partial charge in [0.25, 0.3) is 0 Å². The highest BCUT2D eigenvalue weighted by molar-refractivity contribution is 5.82. The number of aromatic hydroxyl groups is 1. The Kier molecular flexibility index (Phi) is 2.99. The van der Waals surface area contributed by atoms with Crippen molar-refractivity contribution in [3.05, 3.63) is 72.9 Å². The Bertz CT molecular complexity index is 692. The minimum atomic E-state index is 0.249. The maximum absolute atomic E-state index is 10.00. The number of nitrogens with zero attached hydrogens (tertiary/aromatic N) is 1. The molecule has 0 spiro atoms. The summed E-state index contributed by atoms with van der Waals surface area (Å²) in [4.78, 5) is 4.43. The van der Waals surface area contributed by atoms with Crippen molar-refractivity contribution in [3.63, 3.8) is 0 Å². The summed E-state index contributed by atoms with van der Waals surface area (Å²) in [5.41, 5.74) is 3.66. The summed E-state index contributed by atoms with van der Waals surface area (Å²) in [6.45, 7) is 0. The van der Waals surface area contributed by atoms with Gasteiger partial charge in [0, 0.05) is 17.3 Å². The van der Waals surface area contributed by atoms with Gasteiger partial charge < -0.3 is 5.11 Å². The number of rotatable bonds is 2. The van der Waals surface area contributed by atoms with Gasteiger partial charge in [-0.05, 0) is 23.8 Å². The Morgan fingerprint density at radius 1 is 0.684 bits per heavy atom. The maximum atomic E-state index is 10.00. The maximum Gasteiger partial charge on any atom is 0.124 e. The lowest BCUT2D eigenvalue weighted by Crippen LogP contribution is -1.88. The van der Waals surface area contributed by atoms with Crippen LogP contribution in [-0.2, 0) is 0 Å². The molecular formula is C17H13NO. The van der Waals surface area contributed by atoms with E-state index in [2.05, 4.69) is 4.98 Å². The minimum Gasteiger partial charge on any atom is -0.507 e. The average molecular weight is 247 g/mol. The van der Waals surface area contributed by atoms with Gasteiger partial charge in [0.2, 0.25) is 0 Å². The van der Waals surface area contributed by atoms with Crippen LogP contribution in [0, 0.1) is 0 Å². The van der Waals surface area contributed by atoms with E-state index in [0.29, 0.717) is 0 Å². The van der Waals surface area contributed by atoms with Crippen LogP contribution in [0.4, 0.5) is 0 Å². The van der Waals surface area contributed by atoms with E-state index in [1.54, 1.807) is 12.3 Å². The van der Waals surface area contributed by atoms with Crippen LogP contribution in [0.1, 0.15) is 0 Å². The summed E-state index contributed by atoms with van der Waals surface area (Å²) in [6.07, 6.45) is 1.74. The number of aromatic nitrogens is 1. The fraction of sp³-hybridized carbons (Fsp3) is 0. The van der Waals surface area contributed by atoms with Gasteiger partial charge >= 0.3 is 0 Å². The van der Waals surface area contributed by atoms with Crippen LogP contribution in [-0.4, -0.2) is 10.1 Å². The molecular weight excluding hydrogens is 234 g/mol. The quantitative estimate of drug-likeness (QED) is 0.738. The molecule has 3 aromatic rings. The summed E-state index contributed by atoms with van der Waals surface area (Å²) in [5, 5.41) is 10.00. The third kappa shape index (κ3) is 2.20. The third-order valence-electron chi connectivity index (χ3n) is 3.05. The van der Waals surface area contributed by atoms with Crippen molar-refractivity contribution in [2.75, 3.05) is 0 Å².